The Morgan fingerprint density at radius 2 is 1.67 bits per heavy atom. The molecule has 0 aliphatic rings. The molecular weight excluding hydrogens is 268 g/mol. The van der Waals surface area contributed by atoms with Crippen LogP contribution in [0.4, 0.5) is 0 Å². The van der Waals surface area contributed by atoms with Crippen LogP contribution < -0.4 is 5.32 Å². The molecule has 0 heterocycles. The number of nitrogens with one attached hydrogen (secondary N) is 1. The number of hydrogen-bond acceptors (Lipinski definition) is 5. The topological polar surface area (TPSA) is 54.0 Å². The van der Waals surface area contributed by atoms with E-state index in [-0.39, 0.29) is 12.1 Å². The first-order valence-electron chi connectivity index (χ1n) is 8.24. The third-order valence-corrected chi connectivity index (χ3v) is 4.08. The average Bonchev–Trinajstić information content (AvgIpc) is 2.53. The molecule has 0 aromatic carbocycles. The van der Waals surface area contributed by atoms with Gasteiger partial charge in [-0.15, -0.1) is 0 Å². The molecule has 0 spiro atoms. The van der Waals surface area contributed by atoms with Crippen LogP contribution in [0.3, 0.4) is 0 Å². The molecule has 1 atom stereocenters. The lowest BCUT2D eigenvalue weighted by Crippen LogP contribution is -2.48. The summed E-state index contributed by atoms with van der Waals surface area (Å²) < 4.78 is 10.3. The number of methoxy groups -OCH3 is 2. The van der Waals surface area contributed by atoms with E-state index in [1.165, 1.54) is 0 Å². The van der Waals surface area contributed by atoms with Crippen LogP contribution in [0.1, 0.15) is 39.5 Å². The third kappa shape index (κ3) is 9.42. The molecule has 5 heteroatoms. The van der Waals surface area contributed by atoms with Crippen LogP contribution in [0.5, 0.6) is 0 Å². The number of hydrogen-bond donors (Lipinski definition) is 2. The van der Waals surface area contributed by atoms with Crippen LogP contribution in [0.2, 0.25) is 0 Å². The van der Waals surface area contributed by atoms with Gasteiger partial charge in [-0.25, -0.2) is 0 Å². The van der Waals surface area contributed by atoms with Gasteiger partial charge in [-0.05, 0) is 38.8 Å². The van der Waals surface area contributed by atoms with Crippen molar-refractivity contribution in [2.45, 2.75) is 45.1 Å². The molecule has 1 unspecified atom stereocenters. The molecule has 21 heavy (non-hydrogen) atoms. The van der Waals surface area contributed by atoms with E-state index >= 15 is 0 Å². The second-order valence-electron chi connectivity index (χ2n) is 5.65. The summed E-state index contributed by atoms with van der Waals surface area (Å²) in [6, 6.07) is 0. The van der Waals surface area contributed by atoms with E-state index in [2.05, 4.69) is 24.1 Å². The molecule has 0 aliphatic heterocycles. The fraction of sp³-hybridized carbons (Fsp3) is 1.00. The minimum Gasteiger partial charge on any atom is -0.394 e. The van der Waals surface area contributed by atoms with Gasteiger partial charge >= 0.3 is 0 Å². The highest BCUT2D eigenvalue weighted by Crippen LogP contribution is 2.17. The standard InChI is InChI=1S/C16H36N2O3/c1-5-9-17-16(6-2,15-19)8-7-10-18(11-13-20-3)12-14-21-4/h17,19H,5-15H2,1-4H3. The molecule has 2 N–H and O–H groups in total. The number of ether oxygens (including phenoxy) is 2. The molecule has 0 radical (unpaired) electrons. The van der Waals surface area contributed by atoms with Gasteiger partial charge < -0.3 is 19.9 Å². The van der Waals surface area contributed by atoms with Crippen molar-refractivity contribution in [2.75, 3.05) is 60.2 Å². The SMILES string of the molecule is CCCNC(CC)(CO)CCCN(CCOC)CCOC. The normalized spacial score (nSPS) is 14.6. The van der Waals surface area contributed by atoms with E-state index in [1.54, 1.807) is 14.2 Å². The minimum atomic E-state index is -0.121. The minimum absolute atomic E-state index is 0.121. The summed E-state index contributed by atoms with van der Waals surface area (Å²) in [6.45, 7) is 9.84. The Labute approximate surface area is 131 Å². The summed E-state index contributed by atoms with van der Waals surface area (Å²) in [4.78, 5) is 2.37. The van der Waals surface area contributed by atoms with Crippen LogP contribution in [0.25, 0.3) is 0 Å². The van der Waals surface area contributed by atoms with Gasteiger partial charge in [0.2, 0.25) is 0 Å². The first-order chi connectivity index (χ1) is 10.2. The molecule has 0 saturated carbocycles. The van der Waals surface area contributed by atoms with Crippen LogP contribution in [0, 0.1) is 0 Å². The Kier molecular flexibility index (Phi) is 13.3. The van der Waals surface area contributed by atoms with Crippen molar-refractivity contribution in [1.29, 1.82) is 0 Å². The van der Waals surface area contributed by atoms with Gasteiger partial charge in [0.25, 0.3) is 0 Å². The maximum absolute atomic E-state index is 9.74. The van der Waals surface area contributed by atoms with Gasteiger partial charge in [-0.2, -0.15) is 0 Å². The van der Waals surface area contributed by atoms with E-state index in [0.717, 1.165) is 65.1 Å². The summed E-state index contributed by atoms with van der Waals surface area (Å²) in [5.41, 5.74) is -0.121. The highest BCUT2D eigenvalue weighted by Gasteiger charge is 2.25. The first kappa shape index (κ1) is 20.8. The second kappa shape index (κ2) is 13.5. The van der Waals surface area contributed by atoms with Gasteiger partial charge in [0.1, 0.15) is 0 Å². The van der Waals surface area contributed by atoms with Crippen molar-refractivity contribution in [2.24, 2.45) is 0 Å². The number of rotatable bonds is 15. The lowest BCUT2D eigenvalue weighted by molar-refractivity contribution is 0.104. The van der Waals surface area contributed by atoms with E-state index in [1.807, 2.05) is 0 Å². The predicted octanol–water partition coefficient (Wildman–Crippen LogP) is 1.50. The smallest absolute Gasteiger partial charge is 0.0613 e. The zero-order valence-electron chi connectivity index (χ0n) is 14.5. The highest BCUT2D eigenvalue weighted by molar-refractivity contribution is 4.86. The van der Waals surface area contributed by atoms with E-state index < -0.39 is 0 Å². The summed E-state index contributed by atoms with van der Waals surface area (Å²) in [5.74, 6) is 0. The fourth-order valence-electron chi connectivity index (χ4n) is 2.44. The largest absolute Gasteiger partial charge is 0.394 e. The molecule has 128 valence electrons. The van der Waals surface area contributed by atoms with Crippen LogP contribution in [-0.4, -0.2) is 75.8 Å². The van der Waals surface area contributed by atoms with Gasteiger partial charge in [-0.1, -0.05) is 13.8 Å². The van der Waals surface area contributed by atoms with E-state index in [4.69, 9.17) is 9.47 Å². The van der Waals surface area contributed by atoms with Crippen molar-refractivity contribution in [3.8, 4) is 0 Å². The van der Waals surface area contributed by atoms with Crippen molar-refractivity contribution >= 4 is 0 Å². The number of nitrogens with zero attached hydrogens (tertiary/aromatic N) is 1. The quantitative estimate of drug-likeness (QED) is 0.480. The summed E-state index contributed by atoms with van der Waals surface area (Å²) >= 11 is 0. The maximum Gasteiger partial charge on any atom is 0.0613 e. The molecule has 5 nitrogen and oxygen atoms in total. The van der Waals surface area contributed by atoms with Crippen molar-refractivity contribution in [1.82, 2.24) is 10.2 Å². The second-order valence-corrected chi connectivity index (χ2v) is 5.65. The van der Waals surface area contributed by atoms with E-state index in [9.17, 15) is 5.11 Å². The summed E-state index contributed by atoms with van der Waals surface area (Å²) in [7, 11) is 3.47. The van der Waals surface area contributed by atoms with Crippen LogP contribution in [-0.2, 0) is 9.47 Å². The Hall–Kier alpha value is -0.200. The Morgan fingerprint density at radius 3 is 2.10 bits per heavy atom. The van der Waals surface area contributed by atoms with Gasteiger partial charge in [0.15, 0.2) is 0 Å². The van der Waals surface area contributed by atoms with Crippen LogP contribution >= 0.6 is 0 Å². The molecule has 0 aromatic heterocycles. The number of aliphatic hydroxyl groups excluding tert-OH is 1. The molecule has 0 aromatic rings. The van der Waals surface area contributed by atoms with Crippen molar-refractivity contribution in [3.63, 3.8) is 0 Å². The lowest BCUT2D eigenvalue weighted by Gasteiger charge is -2.33. The Bertz CT molecular complexity index is 216. The Morgan fingerprint density at radius 1 is 1.05 bits per heavy atom. The highest BCUT2D eigenvalue weighted by atomic mass is 16.5. The molecule has 0 fully saturated rings. The third-order valence-electron chi connectivity index (χ3n) is 4.08. The van der Waals surface area contributed by atoms with E-state index in [0.29, 0.717) is 0 Å². The lowest BCUT2D eigenvalue weighted by atomic mass is 9.91. The van der Waals surface area contributed by atoms with Gasteiger partial charge in [-0.3, -0.25) is 4.90 Å². The first-order valence-corrected chi connectivity index (χ1v) is 8.24. The summed E-state index contributed by atoms with van der Waals surface area (Å²) in [6.07, 6.45) is 4.12. The zero-order valence-corrected chi connectivity index (χ0v) is 14.5. The zero-order chi connectivity index (χ0) is 16.0. The average molecular weight is 304 g/mol. The predicted molar refractivity (Wildman–Crippen MR) is 87.8 cm³/mol. The van der Waals surface area contributed by atoms with Gasteiger partial charge in [0, 0.05) is 32.8 Å². The molecule has 0 saturated heterocycles. The molecule has 0 amide bonds. The van der Waals surface area contributed by atoms with Gasteiger partial charge in [0.05, 0.1) is 19.8 Å². The van der Waals surface area contributed by atoms with Crippen LogP contribution in [0.15, 0.2) is 0 Å². The molecule has 0 rings (SSSR count). The maximum atomic E-state index is 9.74. The Balaban J connectivity index is 4.21. The molecule has 0 bridgehead atoms. The summed E-state index contributed by atoms with van der Waals surface area (Å²) in [5, 5.41) is 13.3. The van der Waals surface area contributed by atoms with Crippen molar-refractivity contribution < 1.29 is 14.6 Å². The fourth-order valence-corrected chi connectivity index (χ4v) is 2.44. The molecular formula is C16H36N2O3. The number of aliphatic hydroxyl groups is 1. The monoisotopic (exact) mass is 304 g/mol. The van der Waals surface area contributed by atoms with Crippen molar-refractivity contribution in [3.05, 3.63) is 0 Å². The molecule has 0 aliphatic carbocycles.